The fourth-order valence-corrected chi connectivity index (χ4v) is 3.23. The molecule has 0 aliphatic heterocycles. The molecule has 0 aromatic heterocycles. The summed E-state index contributed by atoms with van der Waals surface area (Å²) in [5, 5.41) is 7.44. The number of hydrogen-bond acceptors (Lipinski definition) is 3. The van der Waals surface area contributed by atoms with Crippen LogP contribution in [-0.2, 0) is 4.79 Å². The molecule has 2 N–H and O–H groups in total. The van der Waals surface area contributed by atoms with Crippen molar-refractivity contribution in [2.45, 2.75) is 47.0 Å². The Morgan fingerprint density at radius 2 is 2.00 bits per heavy atom. The summed E-state index contributed by atoms with van der Waals surface area (Å²) >= 11 is 0. The van der Waals surface area contributed by atoms with Crippen LogP contribution < -0.4 is 10.7 Å². The molecule has 1 aliphatic rings. The van der Waals surface area contributed by atoms with E-state index in [1.165, 1.54) is 12.0 Å². The zero-order valence-electron chi connectivity index (χ0n) is 14.1. The number of carbonyl (C=O) groups excluding carboxylic acids is 1. The van der Waals surface area contributed by atoms with Crippen LogP contribution in [0.15, 0.2) is 29.4 Å². The first kappa shape index (κ1) is 16.5. The fourth-order valence-electron chi connectivity index (χ4n) is 3.23. The Balaban J connectivity index is 1.82. The molecule has 22 heavy (non-hydrogen) atoms. The number of hydrazone groups is 1. The number of aryl methyl sites for hydroxylation is 1. The Labute approximate surface area is 133 Å². The van der Waals surface area contributed by atoms with Crippen molar-refractivity contribution < 1.29 is 4.79 Å². The molecule has 4 nitrogen and oxygen atoms in total. The van der Waals surface area contributed by atoms with Crippen LogP contribution in [0, 0.1) is 18.3 Å². The number of rotatable bonds is 4. The summed E-state index contributed by atoms with van der Waals surface area (Å²) in [6, 6.07) is 7.98. The summed E-state index contributed by atoms with van der Waals surface area (Å²) in [5.41, 5.74) is 6.21. The minimum atomic E-state index is -0.107. The van der Waals surface area contributed by atoms with E-state index in [0.717, 1.165) is 24.2 Å². The predicted molar refractivity (Wildman–Crippen MR) is 92.0 cm³/mol. The number of hydrogen-bond donors (Lipinski definition) is 2. The maximum absolute atomic E-state index is 11.9. The topological polar surface area (TPSA) is 53.5 Å². The van der Waals surface area contributed by atoms with E-state index in [1.54, 1.807) is 0 Å². The Hall–Kier alpha value is -1.84. The maximum atomic E-state index is 11.9. The first-order valence-corrected chi connectivity index (χ1v) is 7.99. The van der Waals surface area contributed by atoms with Gasteiger partial charge in [0.05, 0.1) is 6.54 Å². The lowest BCUT2D eigenvalue weighted by Gasteiger charge is -2.34. The van der Waals surface area contributed by atoms with E-state index < -0.39 is 0 Å². The van der Waals surface area contributed by atoms with Crippen LogP contribution in [0.1, 0.15) is 45.6 Å². The average Bonchev–Trinajstić information content (AvgIpc) is 2.42. The monoisotopic (exact) mass is 301 g/mol. The standard InChI is InChI=1S/C18H27N3O/c1-13-5-7-15(8-6-13)19-12-17(22)21-20-16-9-14(2)10-18(3,4)11-16/h5-8,14,19H,9-12H2,1-4H3,(H,21,22)/b20-16-/t14-/m0/s1. The minimum Gasteiger partial charge on any atom is -0.376 e. The third-order valence-corrected chi connectivity index (χ3v) is 4.01. The normalized spacial score (nSPS) is 22.4. The van der Waals surface area contributed by atoms with E-state index in [-0.39, 0.29) is 17.9 Å². The smallest absolute Gasteiger partial charge is 0.259 e. The molecule has 1 aromatic carbocycles. The maximum Gasteiger partial charge on any atom is 0.259 e. The summed E-state index contributed by atoms with van der Waals surface area (Å²) in [6.45, 7) is 9.05. The minimum absolute atomic E-state index is 0.107. The van der Waals surface area contributed by atoms with Crippen LogP contribution in [0.2, 0.25) is 0 Å². The van der Waals surface area contributed by atoms with Crippen molar-refractivity contribution in [2.24, 2.45) is 16.4 Å². The van der Waals surface area contributed by atoms with Crippen molar-refractivity contribution in [3.8, 4) is 0 Å². The van der Waals surface area contributed by atoms with Crippen molar-refractivity contribution in [3.63, 3.8) is 0 Å². The molecule has 1 amide bonds. The summed E-state index contributed by atoms with van der Waals surface area (Å²) in [4.78, 5) is 11.9. The molecule has 4 heteroatoms. The SMILES string of the molecule is Cc1ccc(NCC(=O)N/N=C2/C[C@H](C)CC(C)(C)C2)cc1. The highest BCUT2D eigenvalue weighted by Crippen LogP contribution is 2.36. The number of anilines is 1. The lowest BCUT2D eigenvalue weighted by atomic mass is 9.72. The van der Waals surface area contributed by atoms with E-state index in [2.05, 4.69) is 36.6 Å². The third kappa shape index (κ3) is 5.17. The van der Waals surface area contributed by atoms with Gasteiger partial charge in [-0.05, 0) is 49.7 Å². The summed E-state index contributed by atoms with van der Waals surface area (Å²) in [7, 11) is 0. The number of nitrogens with one attached hydrogen (secondary N) is 2. The third-order valence-electron chi connectivity index (χ3n) is 4.01. The van der Waals surface area contributed by atoms with Crippen LogP contribution in [0.4, 0.5) is 5.69 Å². The van der Waals surface area contributed by atoms with Crippen molar-refractivity contribution in [1.82, 2.24) is 5.43 Å². The lowest BCUT2D eigenvalue weighted by molar-refractivity contribution is -0.119. The van der Waals surface area contributed by atoms with Gasteiger partial charge >= 0.3 is 0 Å². The highest BCUT2D eigenvalue weighted by molar-refractivity contribution is 5.88. The van der Waals surface area contributed by atoms with Gasteiger partial charge in [0.2, 0.25) is 0 Å². The Morgan fingerprint density at radius 1 is 1.32 bits per heavy atom. The number of carbonyl (C=O) groups is 1. The molecule has 1 saturated carbocycles. The summed E-state index contributed by atoms with van der Waals surface area (Å²) < 4.78 is 0. The summed E-state index contributed by atoms with van der Waals surface area (Å²) in [6.07, 6.45) is 3.16. The van der Waals surface area contributed by atoms with Crippen molar-refractivity contribution in [1.29, 1.82) is 0 Å². The molecule has 1 aliphatic carbocycles. The van der Waals surface area contributed by atoms with Gasteiger partial charge in [-0.3, -0.25) is 4.79 Å². The molecule has 0 unspecified atom stereocenters. The van der Waals surface area contributed by atoms with Gasteiger partial charge in [-0.25, -0.2) is 5.43 Å². The first-order chi connectivity index (χ1) is 10.3. The van der Waals surface area contributed by atoms with Crippen molar-refractivity contribution in [2.75, 3.05) is 11.9 Å². The molecule has 1 aromatic rings. The van der Waals surface area contributed by atoms with Crippen LogP contribution in [0.25, 0.3) is 0 Å². The molecule has 1 atom stereocenters. The Bertz CT molecular complexity index is 546. The highest BCUT2D eigenvalue weighted by Gasteiger charge is 2.29. The molecule has 1 fully saturated rings. The van der Waals surface area contributed by atoms with Gasteiger partial charge < -0.3 is 5.32 Å². The second kappa shape index (κ2) is 6.95. The van der Waals surface area contributed by atoms with Crippen molar-refractivity contribution >= 4 is 17.3 Å². The Morgan fingerprint density at radius 3 is 2.64 bits per heavy atom. The van der Waals surface area contributed by atoms with Gasteiger partial charge in [-0.2, -0.15) is 5.10 Å². The number of amides is 1. The summed E-state index contributed by atoms with van der Waals surface area (Å²) in [5.74, 6) is 0.522. The van der Waals surface area contributed by atoms with Gasteiger partial charge in [0.1, 0.15) is 0 Å². The van der Waals surface area contributed by atoms with Crippen LogP contribution in [0.5, 0.6) is 0 Å². The zero-order valence-corrected chi connectivity index (χ0v) is 14.1. The van der Waals surface area contributed by atoms with Gasteiger partial charge in [0.15, 0.2) is 0 Å². The zero-order chi connectivity index (χ0) is 16.2. The lowest BCUT2D eigenvalue weighted by Crippen LogP contribution is -2.31. The van der Waals surface area contributed by atoms with Gasteiger partial charge in [0, 0.05) is 11.4 Å². The van der Waals surface area contributed by atoms with Gasteiger partial charge in [-0.1, -0.05) is 38.5 Å². The molecule has 0 spiro atoms. The molecular weight excluding hydrogens is 274 g/mol. The number of nitrogens with zero attached hydrogens (tertiary/aromatic N) is 1. The molecule has 0 saturated heterocycles. The van der Waals surface area contributed by atoms with E-state index in [9.17, 15) is 4.79 Å². The molecule has 0 radical (unpaired) electrons. The molecule has 0 heterocycles. The van der Waals surface area contributed by atoms with Crippen molar-refractivity contribution in [3.05, 3.63) is 29.8 Å². The van der Waals surface area contributed by atoms with Crippen LogP contribution in [0.3, 0.4) is 0 Å². The molecule has 0 bridgehead atoms. The van der Waals surface area contributed by atoms with E-state index in [0.29, 0.717) is 5.92 Å². The van der Waals surface area contributed by atoms with Gasteiger partial charge in [0.25, 0.3) is 5.91 Å². The quantitative estimate of drug-likeness (QED) is 0.833. The average molecular weight is 301 g/mol. The predicted octanol–water partition coefficient (Wildman–Crippen LogP) is 3.73. The number of benzene rings is 1. The fraction of sp³-hybridized carbons (Fsp3) is 0.556. The Kier molecular flexibility index (Phi) is 5.22. The molecular formula is C18H27N3O. The largest absolute Gasteiger partial charge is 0.376 e. The van der Waals surface area contributed by atoms with Gasteiger partial charge in [-0.15, -0.1) is 0 Å². The van der Waals surface area contributed by atoms with Crippen LogP contribution >= 0.6 is 0 Å². The van der Waals surface area contributed by atoms with E-state index >= 15 is 0 Å². The first-order valence-electron chi connectivity index (χ1n) is 7.99. The second-order valence-corrected chi connectivity index (χ2v) is 7.29. The highest BCUT2D eigenvalue weighted by atomic mass is 16.2. The molecule has 120 valence electrons. The van der Waals surface area contributed by atoms with E-state index in [4.69, 9.17) is 0 Å². The van der Waals surface area contributed by atoms with E-state index in [1.807, 2.05) is 31.2 Å². The second-order valence-electron chi connectivity index (χ2n) is 7.29. The van der Waals surface area contributed by atoms with Crippen LogP contribution in [-0.4, -0.2) is 18.2 Å². The molecule has 2 rings (SSSR count).